The predicted molar refractivity (Wildman–Crippen MR) is 89.2 cm³/mol. The number of hydrogen-bond acceptors (Lipinski definition) is 3. The third kappa shape index (κ3) is 3.00. The minimum atomic E-state index is -0.903. The molecule has 0 N–H and O–H groups in total. The van der Waals surface area contributed by atoms with E-state index in [1.807, 2.05) is 6.92 Å². The van der Waals surface area contributed by atoms with Gasteiger partial charge in [-0.2, -0.15) is 0 Å². The Hall–Kier alpha value is -2.73. The first-order valence-corrected chi connectivity index (χ1v) is 7.78. The Balaban J connectivity index is 2.01. The molecule has 2 amide bonds. The molecular weight excluding hydrogens is 352 g/mol. The van der Waals surface area contributed by atoms with Crippen LogP contribution in [0.15, 0.2) is 47.5 Å². The van der Waals surface area contributed by atoms with Gasteiger partial charge >= 0.3 is 0 Å². The summed E-state index contributed by atoms with van der Waals surface area (Å²) in [6, 6.07) is 8.90. The Bertz CT molecular complexity index is 894. The number of nitrogens with zero attached hydrogens (tertiary/aromatic N) is 1. The second-order valence-electron chi connectivity index (χ2n) is 5.19. The highest BCUT2D eigenvalue weighted by atomic mass is 35.5. The van der Waals surface area contributed by atoms with Gasteiger partial charge in [-0.15, -0.1) is 0 Å². The molecule has 0 saturated heterocycles. The first-order chi connectivity index (χ1) is 11.9. The summed E-state index contributed by atoms with van der Waals surface area (Å²) in [4.78, 5) is 25.5. The fourth-order valence-electron chi connectivity index (χ4n) is 2.51. The molecule has 0 radical (unpaired) electrons. The van der Waals surface area contributed by atoms with Gasteiger partial charge in [-0.05, 0) is 36.8 Å². The fourth-order valence-corrected chi connectivity index (χ4v) is 2.79. The van der Waals surface area contributed by atoms with Gasteiger partial charge in [0.15, 0.2) is 0 Å². The molecule has 4 nitrogen and oxygen atoms in total. The van der Waals surface area contributed by atoms with Crippen LogP contribution in [-0.4, -0.2) is 18.4 Å². The first-order valence-electron chi connectivity index (χ1n) is 7.41. The molecule has 128 valence electrons. The van der Waals surface area contributed by atoms with E-state index in [1.165, 1.54) is 0 Å². The zero-order valence-corrected chi connectivity index (χ0v) is 13.8. The van der Waals surface area contributed by atoms with E-state index in [1.54, 1.807) is 24.3 Å². The van der Waals surface area contributed by atoms with Crippen LogP contribution in [0.25, 0.3) is 5.57 Å². The lowest BCUT2D eigenvalue weighted by Crippen LogP contribution is -2.32. The predicted octanol–water partition coefficient (Wildman–Crippen LogP) is 3.89. The molecule has 1 aliphatic rings. The van der Waals surface area contributed by atoms with Crippen molar-refractivity contribution in [3.8, 4) is 5.75 Å². The van der Waals surface area contributed by atoms with E-state index in [4.69, 9.17) is 16.3 Å². The van der Waals surface area contributed by atoms with Gasteiger partial charge in [0.1, 0.15) is 22.4 Å². The number of ether oxygens (including phenoxy) is 1. The molecule has 1 aliphatic heterocycles. The average molecular weight is 364 g/mol. The largest absolute Gasteiger partial charge is 0.494 e. The Labute approximate surface area is 147 Å². The summed E-state index contributed by atoms with van der Waals surface area (Å²) in [5.41, 5.74) is -0.168. The Morgan fingerprint density at radius 3 is 2.36 bits per heavy atom. The molecule has 0 fully saturated rings. The van der Waals surface area contributed by atoms with Crippen molar-refractivity contribution < 1.29 is 23.1 Å². The first kappa shape index (κ1) is 17.1. The Morgan fingerprint density at radius 2 is 1.72 bits per heavy atom. The zero-order chi connectivity index (χ0) is 18.1. The van der Waals surface area contributed by atoms with Crippen LogP contribution in [0, 0.1) is 11.6 Å². The highest BCUT2D eigenvalue weighted by molar-refractivity contribution is 6.60. The molecule has 2 aromatic carbocycles. The van der Waals surface area contributed by atoms with Crippen LogP contribution in [0.5, 0.6) is 5.75 Å². The van der Waals surface area contributed by atoms with Crippen molar-refractivity contribution in [2.75, 3.05) is 11.5 Å². The summed E-state index contributed by atoms with van der Waals surface area (Å²) < 4.78 is 32.7. The number of imide groups is 1. The third-order valence-electron chi connectivity index (χ3n) is 3.63. The number of carbonyl (C=O) groups is 2. The maximum atomic E-state index is 14.0. The molecule has 0 unspecified atom stereocenters. The molecule has 0 aromatic heterocycles. The van der Waals surface area contributed by atoms with Crippen molar-refractivity contribution in [1.82, 2.24) is 0 Å². The van der Waals surface area contributed by atoms with E-state index < -0.39 is 29.1 Å². The number of carbonyl (C=O) groups excluding carboxylic acids is 2. The van der Waals surface area contributed by atoms with E-state index >= 15 is 0 Å². The van der Waals surface area contributed by atoms with Gasteiger partial charge in [0.2, 0.25) is 0 Å². The maximum absolute atomic E-state index is 14.0. The van der Waals surface area contributed by atoms with Crippen molar-refractivity contribution in [3.05, 3.63) is 64.7 Å². The summed E-state index contributed by atoms with van der Waals surface area (Å²) in [5.74, 6) is -2.81. The minimum absolute atomic E-state index is 0.0709. The van der Waals surface area contributed by atoms with Crippen LogP contribution in [0.4, 0.5) is 14.5 Å². The maximum Gasteiger partial charge on any atom is 0.277 e. The van der Waals surface area contributed by atoms with Crippen LogP contribution in [0.1, 0.15) is 12.5 Å². The Kier molecular flexibility index (Phi) is 4.55. The van der Waals surface area contributed by atoms with Crippen LogP contribution >= 0.6 is 11.6 Å². The third-order valence-corrected chi connectivity index (χ3v) is 3.98. The van der Waals surface area contributed by atoms with Crippen molar-refractivity contribution in [2.45, 2.75) is 6.92 Å². The topological polar surface area (TPSA) is 46.6 Å². The molecule has 0 aliphatic carbocycles. The molecule has 7 heteroatoms. The van der Waals surface area contributed by atoms with Crippen LogP contribution in [0.3, 0.4) is 0 Å². The van der Waals surface area contributed by atoms with Crippen LogP contribution in [0.2, 0.25) is 0 Å². The van der Waals surface area contributed by atoms with Gasteiger partial charge in [-0.25, -0.2) is 13.7 Å². The van der Waals surface area contributed by atoms with Crippen molar-refractivity contribution in [2.24, 2.45) is 0 Å². The molecule has 0 bridgehead atoms. The number of amides is 2. The SMILES string of the molecule is CCOc1ccc(C2=C(Cl)C(=O)N(c3cc(F)ccc3F)C2=O)cc1. The zero-order valence-electron chi connectivity index (χ0n) is 13.1. The molecule has 25 heavy (non-hydrogen) atoms. The highest BCUT2D eigenvalue weighted by Crippen LogP contribution is 2.36. The molecule has 2 aromatic rings. The van der Waals surface area contributed by atoms with Crippen LogP contribution in [-0.2, 0) is 9.59 Å². The van der Waals surface area contributed by atoms with Crippen LogP contribution < -0.4 is 9.64 Å². The number of benzene rings is 2. The summed E-state index contributed by atoms with van der Waals surface area (Å²) >= 11 is 6.02. The van der Waals surface area contributed by atoms with Gasteiger partial charge in [0, 0.05) is 6.07 Å². The van der Waals surface area contributed by atoms with Crippen molar-refractivity contribution in [3.63, 3.8) is 0 Å². The average Bonchev–Trinajstić information content (AvgIpc) is 2.81. The highest BCUT2D eigenvalue weighted by Gasteiger charge is 2.40. The molecule has 0 saturated carbocycles. The number of rotatable bonds is 4. The van der Waals surface area contributed by atoms with E-state index in [0.717, 1.165) is 18.2 Å². The summed E-state index contributed by atoms with van der Waals surface area (Å²) in [7, 11) is 0. The lowest BCUT2D eigenvalue weighted by Gasteiger charge is -2.15. The van der Waals surface area contributed by atoms with Gasteiger partial charge in [-0.3, -0.25) is 9.59 Å². The van der Waals surface area contributed by atoms with E-state index in [-0.39, 0.29) is 10.6 Å². The van der Waals surface area contributed by atoms with E-state index in [0.29, 0.717) is 22.8 Å². The van der Waals surface area contributed by atoms with Gasteiger partial charge < -0.3 is 4.74 Å². The lowest BCUT2D eigenvalue weighted by molar-refractivity contribution is -0.119. The molecular formula is C18H12ClF2NO3. The van der Waals surface area contributed by atoms with Crippen molar-refractivity contribution >= 4 is 34.7 Å². The summed E-state index contributed by atoms with van der Waals surface area (Å²) in [6.07, 6.45) is 0. The molecule has 1 heterocycles. The van der Waals surface area contributed by atoms with Gasteiger partial charge in [0.25, 0.3) is 11.8 Å². The standard InChI is InChI=1S/C18H12ClF2NO3/c1-2-25-12-6-3-10(4-7-12)15-16(19)18(24)22(17(15)23)14-9-11(20)5-8-13(14)21/h3-9H,2H2,1H3. The fraction of sp³-hybridized carbons (Fsp3) is 0.111. The second kappa shape index (κ2) is 6.64. The molecule has 0 spiro atoms. The summed E-state index contributed by atoms with van der Waals surface area (Å²) in [6.45, 7) is 2.31. The molecule has 0 atom stereocenters. The summed E-state index contributed by atoms with van der Waals surface area (Å²) in [5, 5.41) is -0.349. The van der Waals surface area contributed by atoms with Gasteiger partial charge in [-0.1, -0.05) is 23.7 Å². The molecule has 3 rings (SSSR count). The van der Waals surface area contributed by atoms with Gasteiger partial charge in [0.05, 0.1) is 17.9 Å². The smallest absolute Gasteiger partial charge is 0.277 e. The van der Waals surface area contributed by atoms with E-state index in [9.17, 15) is 18.4 Å². The van der Waals surface area contributed by atoms with E-state index in [2.05, 4.69) is 0 Å². The normalized spacial score (nSPS) is 14.5. The number of halogens is 3. The second-order valence-corrected chi connectivity index (χ2v) is 5.57. The van der Waals surface area contributed by atoms with Crippen molar-refractivity contribution in [1.29, 1.82) is 0 Å². The quantitative estimate of drug-likeness (QED) is 0.774. The number of anilines is 1. The lowest BCUT2D eigenvalue weighted by atomic mass is 10.1. The number of hydrogen-bond donors (Lipinski definition) is 0. The Morgan fingerprint density at radius 1 is 1.04 bits per heavy atom. The minimum Gasteiger partial charge on any atom is -0.494 e. The monoisotopic (exact) mass is 363 g/mol.